The zero-order chi connectivity index (χ0) is 18.5. The minimum absolute atomic E-state index is 0.0708. The zero-order valence-electron chi connectivity index (χ0n) is 14.7. The molecular weight excluding hydrogens is 356 g/mol. The minimum Gasteiger partial charge on any atom is -0.354 e. The maximum absolute atomic E-state index is 12.4. The zero-order valence-corrected chi connectivity index (χ0v) is 15.6. The predicted octanol–water partition coefficient (Wildman–Crippen LogP) is 3.72. The molecule has 0 saturated heterocycles. The van der Waals surface area contributed by atoms with Crippen LogP contribution in [0.5, 0.6) is 0 Å². The molecule has 2 aromatic carbocycles. The summed E-state index contributed by atoms with van der Waals surface area (Å²) in [4.78, 5) is 16.7. The van der Waals surface area contributed by atoms with Gasteiger partial charge in [-0.15, -0.1) is 0 Å². The number of guanidine groups is 1. The summed E-state index contributed by atoms with van der Waals surface area (Å²) >= 11 is 1.67. The van der Waals surface area contributed by atoms with Gasteiger partial charge in [0.25, 0.3) is 5.91 Å². The van der Waals surface area contributed by atoms with Gasteiger partial charge in [-0.05, 0) is 57.8 Å². The fourth-order valence-corrected chi connectivity index (χ4v) is 3.52. The van der Waals surface area contributed by atoms with Gasteiger partial charge in [0.15, 0.2) is 5.96 Å². The molecule has 4 rings (SSSR count). The number of anilines is 1. The molecule has 1 aliphatic heterocycles. The molecular formula is C21H20N4OS. The third-order valence-electron chi connectivity index (χ3n) is 4.35. The van der Waals surface area contributed by atoms with Crippen molar-refractivity contribution in [3.8, 4) is 11.1 Å². The van der Waals surface area contributed by atoms with Crippen LogP contribution in [0.2, 0.25) is 0 Å². The Morgan fingerprint density at radius 1 is 1.04 bits per heavy atom. The molecule has 6 heteroatoms. The highest BCUT2D eigenvalue weighted by Gasteiger charge is 2.07. The van der Waals surface area contributed by atoms with Crippen molar-refractivity contribution in [3.63, 3.8) is 0 Å². The van der Waals surface area contributed by atoms with Gasteiger partial charge in [-0.3, -0.25) is 9.79 Å². The van der Waals surface area contributed by atoms with Crippen LogP contribution in [-0.4, -0.2) is 25.0 Å². The molecule has 0 unspecified atom stereocenters. The van der Waals surface area contributed by atoms with Crippen molar-refractivity contribution in [2.45, 2.75) is 6.54 Å². The molecule has 1 amide bonds. The first-order valence-corrected chi connectivity index (χ1v) is 9.77. The lowest BCUT2D eigenvalue weighted by molar-refractivity contribution is 0.0951. The van der Waals surface area contributed by atoms with Gasteiger partial charge >= 0.3 is 0 Å². The van der Waals surface area contributed by atoms with E-state index in [9.17, 15) is 4.79 Å². The third-order valence-corrected chi connectivity index (χ3v) is 5.03. The summed E-state index contributed by atoms with van der Waals surface area (Å²) in [6, 6.07) is 17.7. The Bertz CT molecular complexity index is 931. The second-order valence-corrected chi connectivity index (χ2v) is 7.03. The van der Waals surface area contributed by atoms with Crippen LogP contribution < -0.4 is 16.0 Å². The van der Waals surface area contributed by atoms with Gasteiger partial charge in [0.2, 0.25) is 0 Å². The first-order chi connectivity index (χ1) is 13.3. The van der Waals surface area contributed by atoms with Crippen molar-refractivity contribution >= 4 is 28.9 Å². The van der Waals surface area contributed by atoms with Gasteiger partial charge in [-0.25, -0.2) is 0 Å². The smallest absolute Gasteiger partial charge is 0.251 e. The van der Waals surface area contributed by atoms with Crippen molar-refractivity contribution in [2.24, 2.45) is 4.99 Å². The summed E-state index contributed by atoms with van der Waals surface area (Å²) in [5.41, 5.74) is 4.99. The largest absolute Gasteiger partial charge is 0.354 e. The number of hydrogen-bond donors (Lipinski definition) is 3. The molecule has 3 N–H and O–H groups in total. The Hall–Kier alpha value is -3.12. The average Bonchev–Trinajstić information content (AvgIpc) is 3.42. The summed E-state index contributed by atoms with van der Waals surface area (Å²) < 4.78 is 0. The number of hydrogen-bond acceptors (Lipinski definition) is 5. The standard InChI is InChI=1S/C21H20N4OS/c26-20(17-5-3-16(4-6-17)18-9-12-27-14-18)24-13-15-1-7-19(8-2-15)25-21-22-10-11-23-21/h1-9,12,14H,10-11,13H2,(H,24,26)(H2,22,23,25). The molecule has 136 valence electrons. The molecule has 2 heterocycles. The average molecular weight is 376 g/mol. The molecule has 0 fully saturated rings. The van der Waals surface area contributed by atoms with E-state index >= 15 is 0 Å². The molecule has 1 aliphatic rings. The van der Waals surface area contributed by atoms with Crippen LogP contribution in [0.15, 0.2) is 70.3 Å². The number of carbonyl (C=O) groups excluding carboxylic acids is 1. The van der Waals surface area contributed by atoms with Crippen LogP contribution in [0.25, 0.3) is 11.1 Å². The Morgan fingerprint density at radius 3 is 2.52 bits per heavy atom. The SMILES string of the molecule is O=C(NCc1ccc(NC2=NCCN2)cc1)c1ccc(-c2ccsc2)cc1. The number of nitrogens with one attached hydrogen (secondary N) is 3. The van der Waals surface area contributed by atoms with Crippen LogP contribution in [0.3, 0.4) is 0 Å². The van der Waals surface area contributed by atoms with Gasteiger partial charge in [-0.1, -0.05) is 24.3 Å². The Kier molecular flexibility index (Phi) is 5.16. The van der Waals surface area contributed by atoms with Crippen molar-refractivity contribution < 1.29 is 4.79 Å². The van der Waals surface area contributed by atoms with E-state index in [4.69, 9.17) is 0 Å². The second-order valence-electron chi connectivity index (χ2n) is 6.25. The van der Waals surface area contributed by atoms with Crippen LogP contribution in [0.4, 0.5) is 5.69 Å². The van der Waals surface area contributed by atoms with Crippen LogP contribution in [0.1, 0.15) is 15.9 Å². The van der Waals surface area contributed by atoms with E-state index in [1.165, 1.54) is 5.56 Å². The van der Waals surface area contributed by atoms with Crippen molar-refractivity contribution in [1.82, 2.24) is 10.6 Å². The summed E-state index contributed by atoms with van der Waals surface area (Å²) in [6.07, 6.45) is 0. The Balaban J connectivity index is 1.32. The molecule has 1 aromatic heterocycles. The predicted molar refractivity (Wildman–Crippen MR) is 111 cm³/mol. The maximum atomic E-state index is 12.4. The van der Waals surface area contributed by atoms with Crippen LogP contribution in [-0.2, 0) is 6.54 Å². The monoisotopic (exact) mass is 376 g/mol. The van der Waals surface area contributed by atoms with Gasteiger partial charge in [-0.2, -0.15) is 11.3 Å². The lowest BCUT2D eigenvalue weighted by atomic mass is 10.1. The van der Waals surface area contributed by atoms with E-state index in [1.807, 2.05) is 48.5 Å². The number of nitrogens with zero attached hydrogens (tertiary/aromatic N) is 1. The molecule has 5 nitrogen and oxygen atoms in total. The molecule has 0 bridgehead atoms. The highest BCUT2D eigenvalue weighted by molar-refractivity contribution is 7.08. The lowest BCUT2D eigenvalue weighted by Gasteiger charge is -2.09. The summed E-state index contributed by atoms with van der Waals surface area (Å²) in [7, 11) is 0. The van der Waals surface area contributed by atoms with Crippen molar-refractivity contribution in [1.29, 1.82) is 0 Å². The van der Waals surface area contributed by atoms with Gasteiger partial charge < -0.3 is 16.0 Å². The minimum atomic E-state index is -0.0708. The van der Waals surface area contributed by atoms with Gasteiger partial charge in [0.1, 0.15) is 0 Å². The van der Waals surface area contributed by atoms with Gasteiger partial charge in [0.05, 0.1) is 6.54 Å². The van der Waals surface area contributed by atoms with Crippen LogP contribution >= 0.6 is 11.3 Å². The topological polar surface area (TPSA) is 65.5 Å². The van der Waals surface area contributed by atoms with E-state index in [-0.39, 0.29) is 5.91 Å². The van der Waals surface area contributed by atoms with E-state index in [2.05, 4.69) is 37.8 Å². The highest BCUT2D eigenvalue weighted by atomic mass is 32.1. The van der Waals surface area contributed by atoms with Crippen molar-refractivity contribution in [3.05, 3.63) is 76.5 Å². The molecule has 0 atom stereocenters. The molecule has 0 radical (unpaired) electrons. The van der Waals surface area contributed by atoms with Crippen molar-refractivity contribution in [2.75, 3.05) is 18.4 Å². The lowest BCUT2D eigenvalue weighted by Crippen LogP contribution is -2.26. The van der Waals surface area contributed by atoms with E-state index < -0.39 is 0 Å². The first-order valence-electron chi connectivity index (χ1n) is 8.83. The number of thiophene rings is 1. The second kappa shape index (κ2) is 8.05. The number of carbonyl (C=O) groups is 1. The molecule has 0 aliphatic carbocycles. The Labute approximate surface area is 162 Å². The van der Waals surface area contributed by atoms with E-state index in [1.54, 1.807) is 11.3 Å². The third kappa shape index (κ3) is 4.35. The summed E-state index contributed by atoms with van der Waals surface area (Å²) in [6.45, 7) is 2.17. The van der Waals surface area contributed by atoms with Gasteiger partial charge in [0, 0.05) is 24.3 Å². The van der Waals surface area contributed by atoms with E-state index in [0.717, 1.165) is 35.9 Å². The number of amides is 1. The number of benzene rings is 2. The quantitative estimate of drug-likeness (QED) is 0.636. The molecule has 0 saturated carbocycles. The molecule has 3 aromatic rings. The highest BCUT2D eigenvalue weighted by Crippen LogP contribution is 2.22. The number of rotatable bonds is 5. The molecule has 27 heavy (non-hydrogen) atoms. The fraction of sp³-hybridized carbons (Fsp3) is 0.143. The Morgan fingerprint density at radius 2 is 1.85 bits per heavy atom. The van der Waals surface area contributed by atoms with Crippen LogP contribution in [0, 0.1) is 0 Å². The van der Waals surface area contributed by atoms with E-state index in [0.29, 0.717) is 12.1 Å². The summed E-state index contributed by atoms with van der Waals surface area (Å²) in [5, 5.41) is 13.5. The normalized spacial score (nSPS) is 13.0. The number of aliphatic imine (C=N–C) groups is 1. The first kappa shape index (κ1) is 17.3. The fourth-order valence-electron chi connectivity index (χ4n) is 2.85. The summed E-state index contributed by atoms with van der Waals surface area (Å²) in [5.74, 6) is 0.737. The maximum Gasteiger partial charge on any atom is 0.251 e. The molecule has 0 spiro atoms.